The number of morpholine rings is 1. The molecular formula is C12H20N2O. The molecule has 0 N–H and O–H groups in total. The van der Waals surface area contributed by atoms with Crippen molar-refractivity contribution >= 4 is 5.82 Å². The number of ether oxygens (including phenoxy) is 1. The molecule has 0 spiro atoms. The number of aromatic nitrogens is 1. The first-order chi connectivity index (χ1) is 7.36. The van der Waals surface area contributed by atoms with Crippen molar-refractivity contribution in [1.29, 1.82) is 0 Å². The Morgan fingerprint density at radius 1 is 1.40 bits per heavy atom. The summed E-state index contributed by atoms with van der Waals surface area (Å²) < 4.78 is 5.46. The molecule has 0 radical (unpaired) electrons. The van der Waals surface area contributed by atoms with Crippen LogP contribution in [0.25, 0.3) is 0 Å². The average Bonchev–Trinajstić information content (AvgIpc) is 2.33. The summed E-state index contributed by atoms with van der Waals surface area (Å²) in [5.41, 5.74) is 0. The van der Waals surface area contributed by atoms with E-state index in [1.165, 1.54) is 0 Å². The maximum Gasteiger partial charge on any atom is 0.128 e. The van der Waals surface area contributed by atoms with Crippen LogP contribution in [0.15, 0.2) is 24.4 Å². The number of hydrogen-bond acceptors (Lipinski definition) is 3. The van der Waals surface area contributed by atoms with Gasteiger partial charge in [0.25, 0.3) is 0 Å². The van der Waals surface area contributed by atoms with Crippen molar-refractivity contribution in [3.05, 3.63) is 24.4 Å². The SMILES string of the molecule is CC.CC1CN(c2ccccn2)CCO1. The van der Waals surface area contributed by atoms with Crippen LogP contribution in [0.1, 0.15) is 20.8 Å². The van der Waals surface area contributed by atoms with Crippen molar-refractivity contribution in [1.82, 2.24) is 4.98 Å². The van der Waals surface area contributed by atoms with Gasteiger partial charge in [0.2, 0.25) is 0 Å². The van der Waals surface area contributed by atoms with E-state index in [2.05, 4.69) is 16.8 Å². The van der Waals surface area contributed by atoms with E-state index in [1.807, 2.05) is 38.2 Å². The van der Waals surface area contributed by atoms with Crippen LogP contribution < -0.4 is 4.90 Å². The summed E-state index contributed by atoms with van der Waals surface area (Å²) in [6.45, 7) is 8.78. The van der Waals surface area contributed by atoms with Gasteiger partial charge in [0, 0.05) is 19.3 Å². The first kappa shape index (κ1) is 12.0. The molecule has 0 aliphatic carbocycles. The highest BCUT2D eigenvalue weighted by atomic mass is 16.5. The third-order valence-corrected chi connectivity index (χ3v) is 2.21. The highest BCUT2D eigenvalue weighted by molar-refractivity contribution is 5.38. The van der Waals surface area contributed by atoms with Crippen molar-refractivity contribution < 1.29 is 4.74 Å². The molecule has 1 fully saturated rings. The maximum absolute atomic E-state index is 5.46. The van der Waals surface area contributed by atoms with E-state index in [9.17, 15) is 0 Å². The van der Waals surface area contributed by atoms with Gasteiger partial charge in [-0.1, -0.05) is 19.9 Å². The summed E-state index contributed by atoms with van der Waals surface area (Å²) >= 11 is 0. The Morgan fingerprint density at radius 3 is 2.80 bits per heavy atom. The molecule has 2 heterocycles. The topological polar surface area (TPSA) is 25.4 Å². The van der Waals surface area contributed by atoms with E-state index < -0.39 is 0 Å². The van der Waals surface area contributed by atoms with E-state index >= 15 is 0 Å². The second-order valence-electron chi connectivity index (χ2n) is 3.32. The van der Waals surface area contributed by atoms with Crippen LogP contribution in [-0.4, -0.2) is 30.8 Å². The Labute approximate surface area is 92.1 Å². The summed E-state index contributed by atoms with van der Waals surface area (Å²) in [6, 6.07) is 5.99. The van der Waals surface area contributed by atoms with Gasteiger partial charge in [-0.2, -0.15) is 0 Å². The highest BCUT2D eigenvalue weighted by Gasteiger charge is 2.16. The second-order valence-corrected chi connectivity index (χ2v) is 3.32. The zero-order valence-electron chi connectivity index (χ0n) is 9.81. The molecule has 0 aromatic carbocycles. The van der Waals surface area contributed by atoms with Gasteiger partial charge in [-0.25, -0.2) is 4.98 Å². The normalized spacial score (nSPS) is 20.5. The number of anilines is 1. The van der Waals surface area contributed by atoms with E-state index in [-0.39, 0.29) is 0 Å². The molecule has 1 atom stereocenters. The Balaban J connectivity index is 0.000000531. The molecule has 3 heteroatoms. The number of hydrogen-bond donors (Lipinski definition) is 0. The maximum atomic E-state index is 5.46. The smallest absolute Gasteiger partial charge is 0.128 e. The lowest BCUT2D eigenvalue weighted by molar-refractivity contribution is 0.0529. The van der Waals surface area contributed by atoms with Crippen LogP contribution in [0, 0.1) is 0 Å². The Kier molecular flexibility index (Phi) is 5.12. The van der Waals surface area contributed by atoms with E-state index in [4.69, 9.17) is 4.74 Å². The lowest BCUT2D eigenvalue weighted by atomic mass is 10.3. The van der Waals surface area contributed by atoms with Crippen LogP contribution in [0.5, 0.6) is 0 Å². The van der Waals surface area contributed by atoms with Gasteiger partial charge in [0.15, 0.2) is 0 Å². The van der Waals surface area contributed by atoms with Crippen LogP contribution in [0.3, 0.4) is 0 Å². The molecule has 2 rings (SSSR count). The van der Waals surface area contributed by atoms with E-state index in [1.54, 1.807) is 0 Å². The third kappa shape index (κ3) is 3.51. The molecule has 84 valence electrons. The monoisotopic (exact) mass is 208 g/mol. The van der Waals surface area contributed by atoms with Crippen molar-refractivity contribution in [2.45, 2.75) is 26.9 Å². The fourth-order valence-corrected chi connectivity index (χ4v) is 1.57. The Bertz CT molecular complexity index is 264. The average molecular weight is 208 g/mol. The van der Waals surface area contributed by atoms with Gasteiger partial charge >= 0.3 is 0 Å². The van der Waals surface area contributed by atoms with Gasteiger partial charge in [0.1, 0.15) is 5.82 Å². The highest BCUT2D eigenvalue weighted by Crippen LogP contribution is 2.13. The lowest BCUT2D eigenvalue weighted by Crippen LogP contribution is -2.41. The molecule has 0 amide bonds. The molecule has 1 unspecified atom stereocenters. The van der Waals surface area contributed by atoms with Crippen molar-refractivity contribution in [3.63, 3.8) is 0 Å². The Hall–Kier alpha value is -1.09. The summed E-state index contributed by atoms with van der Waals surface area (Å²) in [7, 11) is 0. The van der Waals surface area contributed by atoms with Crippen LogP contribution >= 0.6 is 0 Å². The van der Waals surface area contributed by atoms with Crippen molar-refractivity contribution in [3.8, 4) is 0 Å². The van der Waals surface area contributed by atoms with Gasteiger partial charge < -0.3 is 9.64 Å². The summed E-state index contributed by atoms with van der Waals surface area (Å²) in [5, 5.41) is 0. The zero-order chi connectivity index (χ0) is 11.1. The zero-order valence-corrected chi connectivity index (χ0v) is 9.81. The minimum atomic E-state index is 0.316. The fraction of sp³-hybridized carbons (Fsp3) is 0.583. The van der Waals surface area contributed by atoms with Gasteiger partial charge in [-0.05, 0) is 19.1 Å². The molecule has 0 bridgehead atoms. The largest absolute Gasteiger partial charge is 0.375 e. The minimum Gasteiger partial charge on any atom is -0.375 e. The number of nitrogens with zero attached hydrogens (tertiary/aromatic N) is 2. The standard InChI is InChI=1S/C10H14N2O.C2H6/c1-9-8-12(6-7-13-9)10-4-2-3-5-11-10;1-2/h2-5,9H,6-8H2,1H3;1-2H3. The third-order valence-electron chi connectivity index (χ3n) is 2.21. The van der Waals surface area contributed by atoms with Gasteiger partial charge in [-0.3, -0.25) is 0 Å². The first-order valence-corrected chi connectivity index (χ1v) is 5.64. The van der Waals surface area contributed by atoms with Gasteiger partial charge in [0.05, 0.1) is 12.7 Å². The predicted molar refractivity (Wildman–Crippen MR) is 63.2 cm³/mol. The molecule has 0 saturated carbocycles. The minimum absolute atomic E-state index is 0.316. The van der Waals surface area contributed by atoms with Gasteiger partial charge in [-0.15, -0.1) is 0 Å². The predicted octanol–water partition coefficient (Wildman–Crippen LogP) is 2.33. The lowest BCUT2D eigenvalue weighted by Gasteiger charge is -2.31. The summed E-state index contributed by atoms with van der Waals surface area (Å²) in [5.74, 6) is 1.05. The first-order valence-electron chi connectivity index (χ1n) is 5.64. The molecule has 15 heavy (non-hydrogen) atoms. The molecular weight excluding hydrogens is 188 g/mol. The molecule has 1 aromatic heterocycles. The Morgan fingerprint density at radius 2 is 2.20 bits per heavy atom. The number of pyridine rings is 1. The molecule has 1 saturated heterocycles. The van der Waals surface area contributed by atoms with Crippen molar-refractivity contribution in [2.75, 3.05) is 24.6 Å². The summed E-state index contributed by atoms with van der Waals surface area (Å²) in [6.07, 6.45) is 2.14. The van der Waals surface area contributed by atoms with E-state index in [0.717, 1.165) is 25.5 Å². The number of rotatable bonds is 1. The molecule has 1 aromatic rings. The molecule has 1 aliphatic rings. The fourth-order valence-electron chi connectivity index (χ4n) is 1.57. The van der Waals surface area contributed by atoms with Crippen LogP contribution in [0.2, 0.25) is 0 Å². The van der Waals surface area contributed by atoms with Crippen LogP contribution in [0.4, 0.5) is 5.82 Å². The van der Waals surface area contributed by atoms with Crippen LogP contribution in [-0.2, 0) is 4.74 Å². The summed E-state index contributed by atoms with van der Waals surface area (Å²) in [4.78, 5) is 6.57. The second kappa shape index (κ2) is 6.40. The molecule has 3 nitrogen and oxygen atoms in total. The van der Waals surface area contributed by atoms with Crippen molar-refractivity contribution in [2.24, 2.45) is 0 Å². The van der Waals surface area contributed by atoms with E-state index in [0.29, 0.717) is 6.10 Å². The molecule has 1 aliphatic heterocycles. The quantitative estimate of drug-likeness (QED) is 0.708.